The lowest BCUT2D eigenvalue weighted by Gasteiger charge is -2.31. The molecule has 7 nitrogen and oxygen atoms in total. The van der Waals surface area contributed by atoms with E-state index < -0.39 is 24.0 Å². The number of anilines is 1. The van der Waals surface area contributed by atoms with E-state index in [1.165, 1.54) is 18.2 Å². The van der Waals surface area contributed by atoms with Crippen LogP contribution in [-0.4, -0.2) is 36.5 Å². The second-order valence-corrected chi connectivity index (χ2v) is 7.60. The minimum atomic E-state index is -0.870. The third-order valence-electron chi connectivity index (χ3n) is 5.18. The molecule has 2 amide bonds. The van der Waals surface area contributed by atoms with E-state index in [4.69, 9.17) is 16.3 Å². The van der Waals surface area contributed by atoms with Crippen LogP contribution in [0.2, 0.25) is 5.02 Å². The molecule has 0 aromatic heterocycles. The molecule has 1 aromatic carbocycles. The zero-order valence-electron chi connectivity index (χ0n) is 15.5. The molecule has 8 heteroatoms. The topological polar surface area (TPSA) is 99.5 Å². The van der Waals surface area contributed by atoms with E-state index in [1.54, 1.807) is 4.90 Å². The predicted molar refractivity (Wildman–Crippen MR) is 103 cm³/mol. The lowest BCUT2D eigenvalue weighted by Crippen LogP contribution is -2.50. The van der Waals surface area contributed by atoms with Gasteiger partial charge in [0.25, 0.3) is 5.91 Å². The summed E-state index contributed by atoms with van der Waals surface area (Å²) in [6, 6.07) is 6.72. The third kappa shape index (κ3) is 4.45. The SMILES string of the molecule is N#CC1(NC(=O)COC(=O)c2ccc(Cl)c(N3CCCC3=O)c2)CCCCC1. The number of carbonyl (C=O) groups is 3. The molecule has 1 N–H and O–H groups in total. The van der Waals surface area contributed by atoms with Crippen LogP contribution in [0.3, 0.4) is 0 Å². The van der Waals surface area contributed by atoms with Crippen LogP contribution in [0.25, 0.3) is 0 Å². The zero-order chi connectivity index (χ0) is 20.1. The molecular weight excluding hydrogens is 382 g/mol. The molecule has 148 valence electrons. The average Bonchev–Trinajstić information content (AvgIpc) is 3.13. The Morgan fingerprint density at radius 1 is 1.25 bits per heavy atom. The van der Waals surface area contributed by atoms with Gasteiger partial charge in [0.1, 0.15) is 5.54 Å². The van der Waals surface area contributed by atoms with E-state index in [1.807, 2.05) is 0 Å². The minimum absolute atomic E-state index is 0.0407. The van der Waals surface area contributed by atoms with Crippen molar-refractivity contribution in [3.8, 4) is 6.07 Å². The number of halogens is 1. The fraction of sp³-hybridized carbons (Fsp3) is 0.500. The van der Waals surface area contributed by atoms with Gasteiger partial charge in [-0.1, -0.05) is 30.9 Å². The fourth-order valence-corrected chi connectivity index (χ4v) is 3.91. The monoisotopic (exact) mass is 403 g/mol. The molecule has 2 fully saturated rings. The van der Waals surface area contributed by atoms with Gasteiger partial charge in [-0.2, -0.15) is 5.26 Å². The number of benzene rings is 1. The number of carbonyl (C=O) groups excluding carboxylic acids is 3. The second-order valence-electron chi connectivity index (χ2n) is 7.19. The van der Waals surface area contributed by atoms with Crippen molar-refractivity contribution in [2.45, 2.75) is 50.5 Å². The Bertz CT molecular complexity index is 827. The summed E-state index contributed by atoms with van der Waals surface area (Å²) in [5.41, 5.74) is -0.195. The van der Waals surface area contributed by atoms with Gasteiger partial charge in [0.15, 0.2) is 6.61 Å². The number of esters is 1. The lowest BCUT2D eigenvalue weighted by atomic mass is 9.83. The first-order valence-corrected chi connectivity index (χ1v) is 9.81. The molecule has 0 spiro atoms. The summed E-state index contributed by atoms with van der Waals surface area (Å²) < 4.78 is 5.10. The van der Waals surface area contributed by atoms with Crippen molar-refractivity contribution < 1.29 is 19.1 Å². The first kappa shape index (κ1) is 20.2. The first-order valence-electron chi connectivity index (χ1n) is 9.43. The van der Waals surface area contributed by atoms with Gasteiger partial charge in [0.2, 0.25) is 5.91 Å². The van der Waals surface area contributed by atoms with Crippen LogP contribution in [0.5, 0.6) is 0 Å². The molecule has 0 atom stereocenters. The van der Waals surface area contributed by atoms with Crippen molar-refractivity contribution in [1.82, 2.24) is 5.32 Å². The molecule has 2 aliphatic rings. The Morgan fingerprint density at radius 3 is 2.64 bits per heavy atom. The van der Waals surface area contributed by atoms with Crippen LogP contribution in [-0.2, 0) is 14.3 Å². The van der Waals surface area contributed by atoms with Gasteiger partial charge >= 0.3 is 5.97 Å². The van der Waals surface area contributed by atoms with E-state index in [9.17, 15) is 19.6 Å². The Labute approximate surface area is 168 Å². The summed E-state index contributed by atoms with van der Waals surface area (Å²) in [5, 5.41) is 12.5. The van der Waals surface area contributed by atoms with Crippen molar-refractivity contribution >= 4 is 35.1 Å². The summed E-state index contributed by atoms with van der Waals surface area (Å²) in [6.07, 6.45) is 5.22. The highest BCUT2D eigenvalue weighted by Crippen LogP contribution is 2.31. The Balaban J connectivity index is 1.61. The number of nitrogens with one attached hydrogen (secondary N) is 1. The second kappa shape index (κ2) is 8.61. The van der Waals surface area contributed by atoms with Gasteiger partial charge in [0.05, 0.1) is 22.3 Å². The van der Waals surface area contributed by atoms with Gasteiger partial charge < -0.3 is 15.0 Å². The molecule has 1 aliphatic carbocycles. The summed E-state index contributed by atoms with van der Waals surface area (Å²) in [4.78, 5) is 38.0. The van der Waals surface area contributed by atoms with Crippen molar-refractivity contribution in [2.75, 3.05) is 18.1 Å². The third-order valence-corrected chi connectivity index (χ3v) is 5.50. The zero-order valence-corrected chi connectivity index (χ0v) is 16.3. The van der Waals surface area contributed by atoms with Crippen molar-refractivity contribution in [2.24, 2.45) is 0 Å². The summed E-state index contributed by atoms with van der Waals surface area (Å²) >= 11 is 6.17. The Morgan fingerprint density at radius 2 is 2.00 bits per heavy atom. The number of nitriles is 1. The Kier molecular flexibility index (Phi) is 6.20. The molecule has 0 bridgehead atoms. The highest BCUT2D eigenvalue weighted by atomic mass is 35.5. The van der Waals surface area contributed by atoms with Crippen LogP contribution in [0, 0.1) is 11.3 Å². The molecule has 1 saturated carbocycles. The van der Waals surface area contributed by atoms with Gasteiger partial charge in [-0.05, 0) is 37.5 Å². The number of nitrogens with zero attached hydrogens (tertiary/aromatic N) is 2. The van der Waals surface area contributed by atoms with Crippen molar-refractivity contribution in [1.29, 1.82) is 5.26 Å². The highest BCUT2D eigenvalue weighted by molar-refractivity contribution is 6.34. The van der Waals surface area contributed by atoms with Crippen LogP contribution in [0.1, 0.15) is 55.3 Å². The molecule has 0 radical (unpaired) electrons. The smallest absolute Gasteiger partial charge is 0.338 e. The van der Waals surface area contributed by atoms with Crippen molar-refractivity contribution in [3.63, 3.8) is 0 Å². The lowest BCUT2D eigenvalue weighted by molar-refractivity contribution is -0.126. The largest absolute Gasteiger partial charge is 0.452 e. The molecule has 1 saturated heterocycles. The van der Waals surface area contributed by atoms with Gasteiger partial charge in [-0.15, -0.1) is 0 Å². The number of amides is 2. The van der Waals surface area contributed by atoms with E-state index >= 15 is 0 Å². The summed E-state index contributed by atoms with van der Waals surface area (Å²) in [7, 11) is 0. The maximum absolute atomic E-state index is 12.3. The molecule has 3 rings (SSSR count). The standard InChI is InChI=1S/C20H22ClN3O4/c21-15-7-6-14(11-16(15)24-10-4-5-18(24)26)19(27)28-12-17(25)23-20(13-22)8-2-1-3-9-20/h6-7,11H,1-5,8-10,12H2,(H,23,25). The van der Waals surface area contributed by atoms with E-state index in [2.05, 4.69) is 11.4 Å². The molecule has 0 unspecified atom stereocenters. The number of hydrogen-bond donors (Lipinski definition) is 1. The highest BCUT2D eigenvalue weighted by Gasteiger charge is 2.33. The van der Waals surface area contributed by atoms with E-state index in [-0.39, 0.29) is 11.5 Å². The van der Waals surface area contributed by atoms with Crippen molar-refractivity contribution in [3.05, 3.63) is 28.8 Å². The van der Waals surface area contributed by atoms with Crippen LogP contribution in [0.15, 0.2) is 18.2 Å². The quantitative estimate of drug-likeness (QED) is 0.762. The molecule has 28 heavy (non-hydrogen) atoms. The molecule has 1 aliphatic heterocycles. The van der Waals surface area contributed by atoms with Crippen LogP contribution >= 0.6 is 11.6 Å². The van der Waals surface area contributed by atoms with Crippen LogP contribution in [0.4, 0.5) is 5.69 Å². The molecular formula is C20H22ClN3O4. The van der Waals surface area contributed by atoms with Gasteiger partial charge in [0, 0.05) is 13.0 Å². The summed E-state index contributed by atoms with van der Waals surface area (Å²) in [6.45, 7) is 0.0819. The maximum atomic E-state index is 12.3. The number of ether oxygens (including phenoxy) is 1. The summed E-state index contributed by atoms with van der Waals surface area (Å²) in [5.74, 6) is -1.23. The normalized spacial score (nSPS) is 18.4. The average molecular weight is 404 g/mol. The van der Waals surface area contributed by atoms with Crippen LogP contribution < -0.4 is 10.2 Å². The van der Waals surface area contributed by atoms with Gasteiger partial charge in [-0.3, -0.25) is 9.59 Å². The molecule has 1 aromatic rings. The Hall–Kier alpha value is -2.59. The van der Waals surface area contributed by atoms with Gasteiger partial charge in [-0.25, -0.2) is 4.79 Å². The van der Waals surface area contributed by atoms with E-state index in [0.29, 0.717) is 36.5 Å². The van der Waals surface area contributed by atoms with E-state index in [0.717, 1.165) is 25.7 Å². The first-order chi connectivity index (χ1) is 13.4. The number of hydrogen-bond acceptors (Lipinski definition) is 5. The maximum Gasteiger partial charge on any atom is 0.338 e. The molecule has 1 heterocycles. The fourth-order valence-electron chi connectivity index (χ4n) is 3.69. The number of rotatable bonds is 5. The predicted octanol–water partition coefficient (Wildman–Crippen LogP) is 2.97. The minimum Gasteiger partial charge on any atom is -0.452 e.